The fourth-order valence-electron chi connectivity index (χ4n) is 3.06. The highest BCUT2D eigenvalue weighted by Gasteiger charge is 2.21. The van der Waals surface area contributed by atoms with Gasteiger partial charge in [0, 0.05) is 11.7 Å². The lowest BCUT2D eigenvalue weighted by Gasteiger charge is -2.30. The second-order valence-corrected chi connectivity index (χ2v) is 6.19. The van der Waals surface area contributed by atoms with Crippen LogP contribution in [0.25, 0.3) is 0 Å². The monoisotopic (exact) mass is 248 g/mol. The van der Waals surface area contributed by atoms with Crippen LogP contribution in [0.15, 0.2) is 23.4 Å². The third-order valence-electron chi connectivity index (χ3n) is 4.49. The molecule has 2 aliphatic rings. The van der Waals surface area contributed by atoms with Crippen LogP contribution in [0.2, 0.25) is 0 Å². The molecule has 2 rings (SSSR count). The average Bonchev–Trinajstić information content (AvgIpc) is 2.40. The predicted molar refractivity (Wildman–Crippen MR) is 78.2 cm³/mol. The molecule has 0 heterocycles. The Labute approximate surface area is 112 Å². The lowest BCUT2D eigenvalue weighted by atomic mass is 9.85. The van der Waals surface area contributed by atoms with Crippen LogP contribution in [0.1, 0.15) is 52.4 Å². The highest BCUT2D eigenvalue weighted by Crippen LogP contribution is 2.27. The predicted octanol–water partition coefficient (Wildman–Crippen LogP) is 3.35. The molecule has 0 amide bonds. The highest BCUT2D eigenvalue weighted by molar-refractivity contribution is 5.24. The molecule has 0 spiro atoms. The van der Waals surface area contributed by atoms with E-state index in [-0.39, 0.29) is 0 Å². The molecule has 2 nitrogen and oxygen atoms in total. The van der Waals surface area contributed by atoms with Gasteiger partial charge in [0.25, 0.3) is 0 Å². The van der Waals surface area contributed by atoms with Gasteiger partial charge in [0.05, 0.1) is 0 Å². The van der Waals surface area contributed by atoms with Crippen LogP contribution in [-0.2, 0) is 0 Å². The molecular weight excluding hydrogens is 220 g/mol. The summed E-state index contributed by atoms with van der Waals surface area (Å²) in [6, 6.07) is 0.688. The Morgan fingerprint density at radius 1 is 1.17 bits per heavy atom. The normalized spacial score (nSPS) is 28.9. The minimum Gasteiger partial charge on any atom is -0.386 e. The van der Waals surface area contributed by atoms with E-state index in [9.17, 15) is 0 Å². The van der Waals surface area contributed by atoms with Crippen molar-refractivity contribution in [2.75, 3.05) is 6.54 Å². The first-order valence-electron chi connectivity index (χ1n) is 7.55. The Morgan fingerprint density at radius 3 is 2.39 bits per heavy atom. The fourth-order valence-corrected chi connectivity index (χ4v) is 3.06. The number of rotatable bonds is 4. The lowest BCUT2D eigenvalue weighted by Crippen LogP contribution is -2.34. The molecule has 0 bridgehead atoms. The zero-order valence-electron chi connectivity index (χ0n) is 11.9. The van der Waals surface area contributed by atoms with Gasteiger partial charge in [0.2, 0.25) is 0 Å². The second-order valence-electron chi connectivity index (χ2n) is 6.19. The van der Waals surface area contributed by atoms with Crippen molar-refractivity contribution in [2.24, 2.45) is 17.6 Å². The summed E-state index contributed by atoms with van der Waals surface area (Å²) in [5.41, 5.74) is 8.77. The molecule has 2 aliphatic carbocycles. The van der Waals surface area contributed by atoms with E-state index < -0.39 is 0 Å². The molecular formula is C16H28N2. The molecule has 1 fully saturated rings. The first kappa shape index (κ1) is 13.7. The summed E-state index contributed by atoms with van der Waals surface area (Å²) in [7, 11) is 0. The van der Waals surface area contributed by atoms with Crippen molar-refractivity contribution in [3.63, 3.8) is 0 Å². The van der Waals surface area contributed by atoms with E-state index in [0.29, 0.717) is 12.0 Å². The molecule has 0 aromatic carbocycles. The van der Waals surface area contributed by atoms with E-state index in [2.05, 4.69) is 31.3 Å². The molecule has 0 aliphatic heterocycles. The number of hydrogen-bond acceptors (Lipinski definition) is 2. The van der Waals surface area contributed by atoms with Crippen molar-refractivity contribution in [1.29, 1.82) is 0 Å². The van der Waals surface area contributed by atoms with Gasteiger partial charge in [-0.1, -0.05) is 25.5 Å². The first-order chi connectivity index (χ1) is 8.69. The van der Waals surface area contributed by atoms with Crippen LogP contribution in [-0.4, -0.2) is 12.6 Å². The van der Waals surface area contributed by atoms with Gasteiger partial charge < -0.3 is 11.1 Å². The summed E-state index contributed by atoms with van der Waals surface area (Å²) >= 11 is 0. The molecule has 0 aromatic rings. The average molecular weight is 248 g/mol. The van der Waals surface area contributed by atoms with Gasteiger partial charge >= 0.3 is 0 Å². The maximum absolute atomic E-state index is 5.74. The van der Waals surface area contributed by atoms with Gasteiger partial charge in [-0.25, -0.2) is 0 Å². The Bertz CT molecular complexity index is 320. The van der Waals surface area contributed by atoms with Gasteiger partial charge in [-0.3, -0.25) is 0 Å². The third kappa shape index (κ3) is 3.61. The topological polar surface area (TPSA) is 38.0 Å². The largest absolute Gasteiger partial charge is 0.386 e. The van der Waals surface area contributed by atoms with Gasteiger partial charge in [-0.15, -0.1) is 0 Å². The van der Waals surface area contributed by atoms with Gasteiger partial charge in [-0.2, -0.15) is 0 Å². The summed E-state index contributed by atoms with van der Waals surface area (Å²) in [6.45, 7) is 5.44. The Hall–Kier alpha value is -0.760. The van der Waals surface area contributed by atoms with Crippen LogP contribution in [0.5, 0.6) is 0 Å². The van der Waals surface area contributed by atoms with E-state index in [1.807, 2.05) is 0 Å². The van der Waals surface area contributed by atoms with E-state index in [1.54, 1.807) is 5.57 Å². The molecule has 18 heavy (non-hydrogen) atoms. The van der Waals surface area contributed by atoms with Crippen molar-refractivity contribution < 1.29 is 0 Å². The molecule has 0 saturated heterocycles. The van der Waals surface area contributed by atoms with Crippen molar-refractivity contribution in [3.05, 3.63) is 23.4 Å². The van der Waals surface area contributed by atoms with Crippen LogP contribution in [0.4, 0.5) is 0 Å². The Balaban J connectivity index is 1.81. The quantitative estimate of drug-likeness (QED) is 0.800. The molecule has 2 heteroatoms. The smallest absolute Gasteiger partial charge is 0.0258 e. The van der Waals surface area contributed by atoms with Crippen molar-refractivity contribution in [2.45, 2.75) is 58.4 Å². The zero-order valence-corrected chi connectivity index (χ0v) is 11.9. The Kier molecular flexibility index (Phi) is 4.87. The first-order valence-corrected chi connectivity index (χ1v) is 7.55. The number of nitrogens with one attached hydrogen (secondary N) is 1. The third-order valence-corrected chi connectivity index (χ3v) is 4.49. The molecule has 1 saturated carbocycles. The van der Waals surface area contributed by atoms with Crippen molar-refractivity contribution >= 4 is 0 Å². The van der Waals surface area contributed by atoms with Gasteiger partial charge in [0.15, 0.2) is 0 Å². The fraction of sp³-hybridized carbons (Fsp3) is 0.750. The van der Waals surface area contributed by atoms with Crippen LogP contribution >= 0.6 is 0 Å². The van der Waals surface area contributed by atoms with Crippen molar-refractivity contribution in [1.82, 2.24) is 5.32 Å². The molecule has 102 valence electrons. The summed E-state index contributed by atoms with van der Waals surface area (Å²) in [5, 5.41) is 3.74. The molecule has 0 atom stereocenters. The maximum Gasteiger partial charge on any atom is 0.0258 e. The molecule has 0 aromatic heterocycles. The molecule has 0 unspecified atom stereocenters. The Morgan fingerprint density at radius 2 is 1.89 bits per heavy atom. The summed E-state index contributed by atoms with van der Waals surface area (Å²) < 4.78 is 0. The zero-order chi connectivity index (χ0) is 13.0. The van der Waals surface area contributed by atoms with Gasteiger partial charge in [-0.05, 0) is 63.0 Å². The molecule has 0 radical (unpaired) electrons. The minimum absolute atomic E-state index is 0.688. The second kappa shape index (κ2) is 6.42. The van der Waals surface area contributed by atoms with Crippen LogP contribution < -0.4 is 11.1 Å². The van der Waals surface area contributed by atoms with Crippen molar-refractivity contribution in [3.8, 4) is 0 Å². The number of hydrogen-bond donors (Lipinski definition) is 2. The van der Waals surface area contributed by atoms with E-state index in [0.717, 1.165) is 12.5 Å². The minimum atomic E-state index is 0.688. The SMILES string of the molecule is CC(C)C1=CC=C(NC2CCC(CN)CC2)CC1. The summed E-state index contributed by atoms with van der Waals surface area (Å²) in [4.78, 5) is 0. The summed E-state index contributed by atoms with van der Waals surface area (Å²) in [5.74, 6) is 1.47. The van der Waals surface area contributed by atoms with Crippen LogP contribution in [0, 0.1) is 11.8 Å². The number of nitrogens with two attached hydrogens (primary N) is 1. The lowest BCUT2D eigenvalue weighted by molar-refractivity contribution is 0.307. The number of allylic oxidation sites excluding steroid dienone is 4. The highest BCUT2D eigenvalue weighted by atomic mass is 14.9. The van der Waals surface area contributed by atoms with E-state index >= 15 is 0 Å². The maximum atomic E-state index is 5.74. The standard InChI is InChI=1S/C16H28N2/c1-12(2)14-5-9-16(10-6-14)18-15-7-3-13(11-17)4-8-15/h5,9,12-13,15,18H,3-4,6-8,10-11,17H2,1-2H3. The van der Waals surface area contributed by atoms with Crippen LogP contribution in [0.3, 0.4) is 0 Å². The van der Waals surface area contributed by atoms with Gasteiger partial charge in [0.1, 0.15) is 0 Å². The van der Waals surface area contributed by atoms with E-state index in [1.165, 1.54) is 44.2 Å². The summed E-state index contributed by atoms with van der Waals surface area (Å²) in [6.07, 6.45) is 12.2. The molecule has 3 N–H and O–H groups in total. The van der Waals surface area contributed by atoms with E-state index in [4.69, 9.17) is 5.73 Å².